The van der Waals surface area contributed by atoms with Crippen LogP contribution in [0.15, 0.2) is 53.4 Å². The Labute approximate surface area is 173 Å². The van der Waals surface area contributed by atoms with Crippen LogP contribution in [0.1, 0.15) is 6.92 Å². The summed E-state index contributed by atoms with van der Waals surface area (Å²) in [5.74, 6) is 1.54. The topological polar surface area (TPSA) is 71.1 Å². The Bertz CT molecular complexity index is 879. The summed E-state index contributed by atoms with van der Waals surface area (Å²) in [4.78, 5) is 4.83. The lowest BCUT2D eigenvalue weighted by Crippen LogP contribution is -2.48. The zero-order valence-electron chi connectivity index (χ0n) is 17.0. The van der Waals surface area contributed by atoms with Crippen LogP contribution < -0.4 is 19.1 Å². The molecule has 0 aliphatic carbocycles. The summed E-state index contributed by atoms with van der Waals surface area (Å²) in [5, 5.41) is 0. The third-order valence-electron chi connectivity index (χ3n) is 4.96. The van der Waals surface area contributed by atoms with E-state index in [0.29, 0.717) is 25.4 Å². The second-order valence-electron chi connectivity index (χ2n) is 6.80. The second kappa shape index (κ2) is 9.96. The normalized spacial score (nSPS) is 15.3. The van der Waals surface area contributed by atoms with Gasteiger partial charge < -0.3 is 14.4 Å². The van der Waals surface area contributed by atoms with Gasteiger partial charge in [-0.3, -0.25) is 4.90 Å². The summed E-state index contributed by atoms with van der Waals surface area (Å²) in [6.07, 6.45) is 0. The van der Waals surface area contributed by atoms with E-state index in [1.54, 1.807) is 31.4 Å². The van der Waals surface area contributed by atoms with Gasteiger partial charge in [0.05, 0.1) is 24.3 Å². The second-order valence-corrected chi connectivity index (χ2v) is 8.57. The first-order valence-corrected chi connectivity index (χ1v) is 11.3. The van der Waals surface area contributed by atoms with E-state index in [0.717, 1.165) is 37.6 Å². The van der Waals surface area contributed by atoms with Gasteiger partial charge in [-0.15, -0.1) is 0 Å². The molecular formula is C21H29N3O4S. The minimum atomic E-state index is -3.51. The molecule has 8 heteroatoms. The van der Waals surface area contributed by atoms with Crippen molar-refractivity contribution in [2.24, 2.45) is 0 Å². The van der Waals surface area contributed by atoms with E-state index in [1.165, 1.54) is 0 Å². The first-order valence-electron chi connectivity index (χ1n) is 9.86. The zero-order valence-corrected chi connectivity index (χ0v) is 17.8. The van der Waals surface area contributed by atoms with E-state index < -0.39 is 10.0 Å². The van der Waals surface area contributed by atoms with Gasteiger partial charge >= 0.3 is 0 Å². The minimum Gasteiger partial charge on any atom is -0.495 e. The van der Waals surface area contributed by atoms with Gasteiger partial charge in [0.2, 0.25) is 10.0 Å². The average molecular weight is 420 g/mol. The van der Waals surface area contributed by atoms with Crippen molar-refractivity contribution in [3.8, 4) is 11.5 Å². The highest BCUT2D eigenvalue weighted by Gasteiger charge is 2.20. The third kappa shape index (κ3) is 5.62. The molecule has 0 bridgehead atoms. The minimum absolute atomic E-state index is 0.252. The maximum absolute atomic E-state index is 12.5. The lowest BCUT2D eigenvalue weighted by molar-refractivity contribution is 0.261. The number of hydrogen-bond acceptors (Lipinski definition) is 6. The van der Waals surface area contributed by atoms with Crippen LogP contribution in [0, 0.1) is 0 Å². The number of nitrogens with one attached hydrogen (secondary N) is 1. The van der Waals surface area contributed by atoms with Crippen LogP contribution in [-0.2, 0) is 10.0 Å². The van der Waals surface area contributed by atoms with Gasteiger partial charge in [-0.25, -0.2) is 13.1 Å². The molecule has 1 aliphatic rings. The number of ether oxygens (including phenoxy) is 2. The third-order valence-corrected chi connectivity index (χ3v) is 6.44. The van der Waals surface area contributed by atoms with Gasteiger partial charge in [0, 0.05) is 39.3 Å². The van der Waals surface area contributed by atoms with Crippen molar-refractivity contribution in [3.63, 3.8) is 0 Å². The first-order chi connectivity index (χ1) is 14.0. The molecule has 0 unspecified atom stereocenters. The molecule has 1 heterocycles. The van der Waals surface area contributed by atoms with Crippen LogP contribution in [0.2, 0.25) is 0 Å². The van der Waals surface area contributed by atoms with Crippen LogP contribution in [0.25, 0.3) is 0 Å². The molecule has 0 radical (unpaired) electrons. The molecule has 3 rings (SSSR count). The molecule has 1 fully saturated rings. The smallest absolute Gasteiger partial charge is 0.240 e. The molecule has 1 saturated heterocycles. The average Bonchev–Trinajstić information content (AvgIpc) is 2.75. The molecule has 0 saturated carbocycles. The van der Waals surface area contributed by atoms with Crippen molar-refractivity contribution in [2.45, 2.75) is 11.8 Å². The Hall–Kier alpha value is -2.29. The molecular weight excluding hydrogens is 390 g/mol. The van der Waals surface area contributed by atoms with Crippen molar-refractivity contribution >= 4 is 15.7 Å². The molecule has 1 N–H and O–H groups in total. The number of sulfonamides is 1. The SMILES string of the molecule is CCOc1ccc(S(=O)(=O)NCCN2CCN(c3ccccc3OC)CC2)cc1. The Balaban J connectivity index is 1.46. The lowest BCUT2D eigenvalue weighted by atomic mass is 10.2. The van der Waals surface area contributed by atoms with Gasteiger partial charge in [0.25, 0.3) is 0 Å². The van der Waals surface area contributed by atoms with Crippen LogP contribution in [0.4, 0.5) is 5.69 Å². The predicted octanol–water partition coefficient (Wildman–Crippen LogP) is 2.19. The van der Waals surface area contributed by atoms with Gasteiger partial charge in [0.15, 0.2) is 0 Å². The Morgan fingerprint density at radius 3 is 2.34 bits per heavy atom. The number of piperazine rings is 1. The summed E-state index contributed by atoms with van der Waals surface area (Å²) < 4.78 is 38.4. The maximum Gasteiger partial charge on any atom is 0.240 e. The molecule has 158 valence electrons. The monoisotopic (exact) mass is 419 g/mol. The maximum atomic E-state index is 12.5. The number of rotatable bonds is 9. The fourth-order valence-electron chi connectivity index (χ4n) is 3.41. The number of nitrogens with zero attached hydrogens (tertiary/aromatic N) is 2. The van der Waals surface area contributed by atoms with E-state index in [2.05, 4.69) is 20.6 Å². The number of hydrogen-bond donors (Lipinski definition) is 1. The Kier molecular flexibility index (Phi) is 7.35. The summed E-state index contributed by atoms with van der Waals surface area (Å²) in [6, 6.07) is 14.5. The van der Waals surface area contributed by atoms with Crippen LogP contribution in [0.3, 0.4) is 0 Å². The Morgan fingerprint density at radius 2 is 1.69 bits per heavy atom. The van der Waals surface area contributed by atoms with Crippen LogP contribution in [0.5, 0.6) is 11.5 Å². The van der Waals surface area contributed by atoms with Crippen LogP contribution >= 0.6 is 0 Å². The molecule has 0 amide bonds. The largest absolute Gasteiger partial charge is 0.495 e. The number of anilines is 1. The number of methoxy groups -OCH3 is 1. The fraction of sp³-hybridized carbons (Fsp3) is 0.429. The Morgan fingerprint density at radius 1 is 1.00 bits per heavy atom. The van der Waals surface area contributed by atoms with E-state index in [9.17, 15) is 8.42 Å². The van der Waals surface area contributed by atoms with Crippen molar-refractivity contribution in [3.05, 3.63) is 48.5 Å². The predicted molar refractivity (Wildman–Crippen MR) is 114 cm³/mol. The number of benzene rings is 2. The highest BCUT2D eigenvalue weighted by atomic mass is 32.2. The van der Waals surface area contributed by atoms with E-state index >= 15 is 0 Å². The summed E-state index contributed by atoms with van der Waals surface area (Å²) in [7, 11) is -1.83. The summed E-state index contributed by atoms with van der Waals surface area (Å²) in [6.45, 7) is 7.01. The van der Waals surface area contributed by atoms with Gasteiger partial charge in [-0.05, 0) is 43.3 Å². The van der Waals surface area contributed by atoms with E-state index in [1.807, 2.05) is 25.1 Å². The van der Waals surface area contributed by atoms with Gasteiger partial charge in [0.1, 0.15) is 11.5 Å². The first kappa shape index (κ1) is 21.4. The van der Waals surface area contributed by atoms with Gasteiger partial charge in [-0.2, -0.15) is 0 Å². The molecule has 7 nitrogen and oxygen atoms in total. The molecule has 29 heavy (non-hydrogen) atoms. The lowest BCUT2D eigenvalue weighted by Gasteiger charge is -2.36. The van der Waals surface area contributed by atoms with E-state index in [-0.39, 0.29) is 4.90 Å². The molecule has 0 spiro atoms. The number of para-hydroxylation sites is 2. The molecule has 2 aromatic carbocycles. The molecule has 2 aromatic rings. The van der Waals surface area contributed by atoms with Crippen molar-refractivity contribution < 1.29 is 17.9 Å². The van der Waals surface area contributed by atoms with E-state index in [4.69, 9.17) is 9.47 Å². The summed E-state index contributed by atoms with van der Waals surface area (Å²) >= 11 is 0. The highest BCUT2D eigenvalue weighted by molar-refractivity contribution is 7.89. The van der Waals surface area contributed by atoms with Crippen molar-refractivity contribution in [1.29, 1.82) is 0 Å². The molecule has 0 aromatic heterocycles. The van der Waals surface area contributed by atoms with Crippen molar-refractivity contribution in [2.75, 3.05) is 57.9 Å². The van der Waals surface area contributed by atoms with Gasteiger partial charge in [-0.1, -0.05) is 12.1 Å². The fourth-order valence-corrected chi connectivity index (χ4v) is 4.43. The summed E-state index contributed by atoms with van der Waals surface area (Å²) in [5.41, 5.74) is 1.10. The molecule has 1 aliphatic heterocycles. The highest BCUT2D eigenvalue weighted by Crippen LogP contribution is 2.28. The quantitative estimate of drug-likeness (QED) is 0.672. The van der Waals surface area contributed by atoms with Crippen LogP contribution in [-0.4, -0.2) is 66.3 Å². The molecule has 0 atom stereocenters. The zero-order chi connectivity index (χ0) is 20.7. The van der Waals surface area contributed by atoms with Crippen molar-refractivity contribution in [1.82, 2.24) is 9.62 Å². The standard InChI is InChI=1S/C21H29N3O4S/c1-3-28-18-8-10-19(11-9-18)29(25,26)22-12-13-23-14-16-24(17-15-23)20-6-4-5-7-21(20)27-2/h4-11,22H,3,12-17H2,1-2H3.